The van der Waals surface area contributed by atoms with Crippen LogP contribution in [-0.4, -0.2) is 15.0 Å². The van der Waals surface area contributed by atoms with Gasteiger partial charge in [0.15, 0.2) is 0 Å². The predicted molar refractivity (Wildman–Crippen MR) is 51.2 cm³/mol. The van der Waals surface area contributed by atoms with Crippen molar-refractivity contribution >= 4 is 9.84 Å². The predicted octanol–water partition coefficient (Wildman–Crippen LogP) is 2.59. The first-order chi connectivity index (χ1) is 7.83. The van der Waals surface area contributed by atoms with Gasteiger partial charge in [0.25, 0.3) is 0 Å². The molecule has 0 atom stereocenters. The highest BCUT2D eigenvalue weighted by Gasteiger charge is 2.28. The molecule has 0 fully saturated rings. The summed E-state index contributed by atoms with van der Waals surface area (Å²) in [4.78, 5) is 0. The fourth-order valence-electron chi connectivity index (χ4n) is 1.09. The van der Waals surface area contributed by atoms with Gasteiger partial charge in [-0.05, 0) is 6.07 Å². The van der Waals surface area contributed by atoms with E-state index in [2.05, 4.69) is 4.74 Å². The Labute approximate surface area is 94.9 Å². The van der Waals surface area contributed by atoms with E-state index in [-0.39, 0.29) is 5.56 Å². The number of rotatable bonds is 5. The fraction of sp³-hybridized carbons (Fsp3) is 0.222. The lowest BCUT2D eigenvalue weighted by Crippen LogP contribution is -2.10. The zero-order valence-electron chi connectivity index (χ0n) is 8.24. The molecule has 3 nitrogen and oxygen atoms in total. The normalized spacial score (nSPS) is 12.1. The summed E-state index contributed by atoms with van der Waals surface area (Å²) in [6.45, 7) is -3.15. The fourth-order valence-corrected chi connectivity index (χ4v) is 1.85. The minimum atomic E-state index is -4.75. The minimum Gasteiger partial charge on any atom is -0.435 e. The Hall–Kier alpha value is -1.31. The SMILES string of the molecule is O=S(=O)(Cc1ccccc1OC(F)F)[C](F)F. The van der Waals surface area contributed by atoms with Crippen LogP contribution in [0.5, 0.6) is 5.75 Å². The van der Waals surface area contributed by atoms with E-state index in [4.69, 9.17) is 0 Å². The monoisotopic (exact) mass is 271 g/mol. The Morgan fingerprint density at radius 1 is 1.24 bits per heavy atom. The largest absolute Gasteiger partial charge is 0.435 e. The Kier molecular flexibility index (Phi) is 4.33. The minimum absolute atomic E-state index is 0.249. The van der Waals surface area contributed by atoms with Gasteiger partial charge in [0.05, 0.1) is 5.75 Å². The zero-order valence-corrected chi connectivity index (χ0v) is 9.06. The topological polar surface area (TPSA) is 43.4 Å². The molecule has 0 aromatic heterocycles. The van der Waals surface area contributed by atoms with Crippen LogP contribution in [0.15, 0.2) is 24.3 Å². The number of sulfone groups is 1. The molecule has 1 radical (unpaired) electrons. The van der Waals surface area contributed by atoms with Crippen molar-refractivity contribution in [3.63, 3.8) is 0 Å². The molecular formula is C9H7F4O3S. The van der Waals surface area contributed by atoms with Gasteiger partial charge >= 0.3 is 12.4 Å². The van der Waals surface area contributed by atoms with Gasteiger partial charge in [0.1, 0.15) is 5.75 Å². The molecule has 17 heavy (non-hydrogen) atoms. The van der Waals surface area contributed by atoms with E-state index in [0.717, 1.165) is 12.1 Å². The van der Waals surface area contributed by atoms with E-state index in [1.54, 1.807) is 0 Å². The summed E-state index contributed by atoms with van der Waals surface area (Å²) < 4.78 is 73.8. The molecule has 0 bridgehead atoms. The highest BCUT2D eigenvalue weighted by Crippen LogP contribution is 2.26. The van der Waals surface area contributed by atoms with Gasteiger partial charge in [-0.15, -0.1) is 0 Å². The third-order valence-corrected chi connectivity index (χ3v) is 2.93. The van der Waals surface area contributed by atoms with Crippen LogP contribution in [-0.2, 0) is 15.6 Å². The molecule has 1 aromatic carbocycles. The first-order valence-corrected chi connectivity index (χ1v) is 5.91. The number of benzene rings is 1. The molecule has 1 rings (SSSR count). The smallest absolute Gasteiger partial charge is 0.422 e. The van der Waals surface area contributed by atoms with Gasteiger partial charge < -0.3 is 4.74 Å². The average Bonchev–Trinajstić information content (AvgIpc) is 2.19. The molecule has 0 N–H and O–H groups in total. The van der Waals surface area contributed by atoms with E-state index in [9.17, 15) is 26.0 Å². The lowest BCUT2D eigenvalue weighted by atomic mass is 10.2. The van der Waals surface area contributed by atoms with E-state index < -0.39 is 33.7 Å². The first-order valence-electron chi connectivity index (χ1n) is 4.26. The Balaban J connectivity index is 2.99. The van der Waals surface area contributed by atoms with Crippen LogP contribution in [0.4, 0.5) is 17.6 Å². The highest BCUT2D eigenvalue weighted by molar-refractivity contribution is 7.93. The molecule has 0 unspecified atom stereocenters. The second-order valence-electron chi connectivity index (χ2n) is 2.97. The molecule has 0 heterocycles. The second-order valence-corrected chi connectivity index (χ2v) is 4.80. The van der Waals surface area contributed by atoms with Crippen molar-refractivity contribution in [2.45, 2.75) is 12.4 Å². The van der Waals surface area contributed by atoms with Crippen molar-refractivity contribution in [2.24, 2.45) is 0 Å². The molecule has 0 aliphatic carbocycles. The van der Waals surface area contributed by atoms with Crippen LogP contribution in [0.25, 0.3) is 0 Å². The first kappa shape index (κ1) is 13.8. The van der Waals surface area contributed by atoms with Crippen LogP contribution in [0.3, 0.4) is 0 Å². The van der Waals surface area contributed by atoms with E-state index >= 15 is 0 Å². The lowest BCUT2D eigenvalue weighted by molar-refractivity contribution is -0.0503. The van der Waals surface area contributed by atoms with Gasteiger partial charge in [-0.2, -0.15) is 17.6 Å². The number of hydrogen-bond acceptors (Lipinski definition) is 3. The summed E-state index contributed by atoms with van der Waals surface area (Å²) in [5.74, 6) is -4.28. The van der Waals surface area contributed by atoms with Crippen molar-refractivity contribution < 1.29 is 30.7 Å². The van der Waals surface area contributed by atoms with Gasteiger partial charge in [0, 0.05) is 5.56 Å². The summed E-state index contributed by atoms with van der Waals surface area (Å²) in [5, 5.41) is 0. The number of alkyl halides is 2. The number of hydrogen-bond donors (Lipinski definition) is 0. The molecule has 0 aliphatic rings. The van der Waals surface area contributed by atoms with E-state index in [1.165, 1.54) is 12.1 Å². The van der Waals surface area contributed by atoms with Gasteiger partial charge in [-0.25, -0.2) is 8.42 Å². The molecule has 95 valence electrons. The van der Waals surface area contributed by atoms with Crippen LogP contribution in [0.1, 0.15) is 5.56 Å². The standard InChI is InChI=1S/C9H7F4O3S/c10-8(11)16-7-4-2-1-3-6(7)5-17(14,15)9(12)13/h1-4,8H,5H2. The van der Waals surface area contributed by atoms with Crippen molar-refractivity contribution in [3.8, 4) is 5.75 Å². The molecule has 1 aromatic rings. The number of ether oxygens (including phenoxy) is 1. The van der Waals surface area contributed by atoms with Crippen LogP contribution >= 0.6 is 0 Å². The summed E-state index contributed by atoms with van der Waals surface area (Å²) in [7, 11) is -4.75. The zero-order chi connectivity index (χ0) is 13.1. The number of para-hydroxylation sites is 1. The molecule has 0 amide bonds. The lowest BCUT2D eigenvalue weighted by Gasteiger charge is -2.09. The van der Waals surface area contributed by atoms with Crippen molar-refractivity contribution in [3.05, 3.63) is 35.6 Å². The van der Waals surface area contributed by atoms with Gasteiger partial charge in [0.2, 0.25) is 9.84 Å². The molecule has 0 saturated carbocycles. The van der Waals surface area contributed by atoms with Crippen molar-refractivity contribution in [1.82, 2.24) is 0 Å². The van der Waals surface area contributed by atoms with Crippen molar-refractivity contribution in [2.75, 3.05) is 0 Å². The van der Waals surface area contributed by atoms with E-state index in [1.807, 2.05) is 0 Å². The summed E-state index contributed by atoms with van der Waals surface area (Å²) in [6, 6.07) is 4.86. The van der Waals surface area contributed by atoms with Crippen LogP contribution in [0.2, 0.25) is 0 Å². The molecule has 0 saturated heterocycles. The van der Waals surface area contributed by atoms with Crippen LogP contribution in [0, 0.1) is 5.76 Å². The van der Waals surface area contributed by atoms with Crippen molar-refractivity contribution in [1.29, 1.82) is 0 Å². The molecule has 0 spiro atoms. The van der Waals surface area contributed by atoms with Gasteiger partial charge in [-0.3, -0.25) is 0 Å². The molecule has 0 aliphatic heterocycles. The maximum atomic E-state index is 12.0. The Morgan fingerprint density at radius 3 is 2.35 bits per heavy atom. The Morgan fingerprint density at radius 2 is 1.82 bits per heavy atom. The maximum absolute atomic E-state index is 12.0. The maximum Gasteiger partial charge on any atom is 0.422 e. The van der Waals surface area contributed by atoms with Crippen LogP contribution < -0.4 is 4.74 Å². The van der Waals surface area contributed by atoms with Gasteiger partial charge in [-0.1, -0.05) is 18.2 Å². The Bertz CT molecular complexity index is 473. The van der Waals surface area contributed by atoms with E-state index in [0.29, 0.717) is 0 Å². The molecule has 8 heteroatoms. The summed E-state index contributed by atoms with van der Waals surface area (Å²) in [5.41, 5.74) is -0.249. The highest BCUT2D eigenvalue weighted by atomic mass is 32.2. The quantitative estimate of drug-likeness (QED) is 0.773. The summed E-state index contributed by atoms with van der Waals surface area (Å²) >= 11 is 0. The summed E-state index contributed by atoms with van der Waals surface area (Å²) in [6.07, 6.45) is 0. The average molecular weight is 271 g/mol. The molecular weight excluding hydrogens is 264 g/mol. The third kappa shape index (κ3) is 3.88. The second kappa shape index (κ2) is 5.35. The number of halogens is 4. The third-order valence-electron chi connectivity index (χ3n) is 1.77.